The van der Waals surface area contributed by atoms with Gasteiger partial charge in [0.2, 0.25) is 5.65 Å². The first kappa shape index (κ1) is 15.1. The van der Waals surface area contributed by atoms with Crippen LogP contribution in [0.25, 0.3) is 22.4 Å². The van der Waals surface area contributed by atoms with Gasteiger partial charge in [0.25, 0.3) is 5.56 Å². The summed E-state index contributed by atoms with van der Waals surface area (Å²) in [5, 5.41) is 0. The summed E-state index contributed by atoms with van der Waals surface area (Å²) in [6.45, 7) is 5.89. The molecule has 120 valence electrons. The lowest BCUT2D eigenvalue weighted by Gasteiger charge is -2.15. The van der Waals surface area contributed by atoms with Crippen molar-refractivity contribution in [3.63, 3.8) is 0 Å². The van der Waals surface area contributed by atoms with Gasteiger partial charge in [-0.2, -0.15) is 0 Å². The Balaban J connectivity index is 2.32. The second-order valence-corrected chi connectivity index (χ2v) is 6.75. The third-order valence-electron chi connectivity index (χ3n) is 4.29. The van der Waals surface area contributed by atoms with Crippen LogP contribution in [-0.2, 0) is 0 Å². The molecule has 3 heterocycles. The molecule has 3 aromatic heterocycles. The summed E-state index contributed by atoms with van der Waals surface area (Å²) < 4.78 is 4.57. The number of hydrogen-bond donors (Lipinski definition) is 0. The second kappa shape index (κ2) is 5.27. The fourth-order valence-electron chi connectivity index (χ4n) is 3.07. The topological polar surface area (TPSA) is 52.2 Å². The van der Waals surface area contributed by atoms with Crippen LogP contribution in [0.4, 0.5) is 0 Å². The molecule has 0 saturated heterocycles. The molecule has 0 saturated carbocycles. The zero-order valence-electron chi connectivity index (χ0n) is 13.5. The normalized spacial score (nSPS) is 11.5. The van der Waals surface area contributed by atoms with Crippen LogP contribution in [0, 0.1) is 20.8 Å². The molecule has 4 aromatic rings. The fourth-order valence-corrected chi connectivity index (χ4v) is 3.40. The van der Waals surface area contributed by atoms with E-state index in [9.17, 15) is 4.79 Å². The SMILES string of the molecule is Cc1cc2c(cc1Br)n(-c1cccnc1C)c(=O)c1ncc(C)n12. The highest BCUT2D eigenvalue weighted by Crippen LogP contribution is 2.26. The van der Waals surface area contributed by atoms with E-state index in [4.69, 9.17) is 0 Å². The fraction of sp³-hybridized carbons (Fsp3) is 0.167. The van der Waals surface area contributed by atoms with Crippen molar-refractivity contribution in [1.82, 2.24) is 18.9 Å². The Morgan fingerprint density at radius 2 is 1.88 bits per heavy atom. The van der Waals surface area contributed by atoms with E-state index in [2.05, 4.69) is 32.0 Å². The number of pyridine rings is 1. The predicted octanol–water partition coefficient (Wildman–Crippen LogP) is 3.72. The molecule has 0 bridgehead atoms. The molecule has 0 radical (unpaired) electrons. The molecule has 0 aliphatic carbocycles. The van der Waals surface area contributed by atoms with Crippen molar-refractivity contribution in [3.05, 3.63) is 68.4 Å². The Morgan fingerprint density at radius 3 is 2.62 bits per heavy atom. The first-order valence-electron chi connectivity index (χ1n) is 7.60. The molecule has 5 nitrogen and oxygen atoms in total. The van der Waals surface area contributed by atoms with Gasteiger partial charge >= 0.3 is 0 Å². The number of fused-ring (bicyclic) bond motifs is 3. The van der Waals surface area contributed by atoms with Crippen LogP contribution in [0.5, 0.6) is 0 Å². The van der Waals surface area contributed by atoms with Crippen molar-refractivity contribution in [1.29, 1.82) is 0 Å². The Morgan fingerprint density at radius 1 is 1.08 bits per heavy atom. The molecule has 4 rings (SSSR count). The highest BCUT2D eigenvalue weighted by atomic mass is 79.9. The molecule has 0 amide bonds. The lowest BCUT2D eigenvalue weighted by atomic mass is 10.2. The molecule has 0 N–H and O–H groups in total. The minimum atomic E-state index is -0.151. The van der Waals surface area contributed by atoms with Gasteiger partial charge in [-0.3, -0.25) is 18.7 Å². The number of halogens is 1. The van der Waals surface area contributed by atoms with Crippen molar-refractivity contribution in [2.24, 2.45) is 0 Å². The molecular weight excluding hydrogens is 368 g/mol. The lowest BCUT2D eigenvalue weighted by molar-refractivity contribution is 0.973. The van der Waals surface area contributed by atoms with Crippen LogP contribution in [0.1, 0.15) is 17.0 Å². The van der Waals surface area contributed by atoms with Crippen molar-refractivity contribution in [3.8, 4) is 5.69 Å². The van der Waals surface area contributed by atoms with Gasteiger partial charge in [0.05, 0.1) is 22.4 Å². The Kier molecular flexibility index (Phi) is 3.31. The molecule has 0 aliphatic rings. The average molecular weight is 383 g/mol. The minimum Gasteiger partial charge on any atom is -0.291 e. The number of nitrogens with zero attached hydrogens (tertiary/aromatic N) is 4. The van der Waals surface area contributed by atoms with E-state index in [0.29, 0.717) is 5.65 Å². The Bertz CT molecular complexity index is 1170. The van der Waals surface area contributed by atoms with Gasteiger partial charge in [0.15, 0.2) is 0 Å². The molecule has 0 atom stereocenters. The maximum atomic E-state index is 13.1. The first-order valence-corrected chi connectivity index (χ1v) is 8.39. The summed E-state index contributed by atoms with van der Waals surface area (Å²) in [5.74, 6) is 0. The molecule has 0 fully saturated rings. The van der Waals surface area contributed by atoms with Gasteiger partial charge in [-0.15, -0.1) is 0 Å². The molecule has 0 aliphatic heterocycles. The van der Waals surface area contributed by atoms with Gasteiger partial charge < -0.3 is 0 Å². The predicted molar refractivity (Wildman–Crippen MR) is 98.0 cm³/mol. The largest absolute Gasteiger partial charge is 0.299 e. The molecule has 0 unspecified atom stereocenters. The van der Waals surface area contributed by atoms with Crippen LogP contribution < -0.4 is 5.56 Å². The summed E-state index contributed by atoms with van der Waals surface area (Å²) in [5.41, 5.74) is 5.64. The monoisotopic (exact) mass is 382 g/mol. The molecule has 24 heavy (non-hydrogen) atoms. The maximum Gasteiger partial charge on any atom is 0.299 e. The van der Waals surface area contributed by atoms with E-state index in [1.165, 1.54) is 0 Å². The third kappa shape index (κ3) is 2.03. The molecule has 6 heteroatoms. The minimum absolute atomic E-state index is 0.151. The van der Waals surface area contributed by atoms with Crippen LogP contribution in [-0.4, -0.2) is 18.9 Å². The molecular formula is C18H15BrN4O. The maximum absolute atomic E-state index is 13.1. The van der Waals surface area contributed by atoms with Crippen LogP contribution in [0.2, 0.25) is 0 Å². The smallest absolute Gasteiger partial charge is 0.291 e. The van der Waals surface area contributed by atoms with Gasteiger partial charge in [-0.25, -0.2) is 4.98 Å². The Labute approximate surface area is 146 Å². The summed E-state index contributed by atoms with van der Waals surface area (Å²) >= 11 is 3.58. The van der Waals surface area contributed by atoms with Gasteiger partial charge in [-0.1, -0.05) is 15.9 Å². The lowest BCUT2D eigenvalue weighted by Crippen LogP contribution is -2.23. The number of imidazole rings is 1. The highest BCUT2D eigenvalue weighted by Gasteiger charge is 2.17. The van der Waals surface area contributed by atoms with Gasteiger partial charge in [-0.05, 0) is 50.6 Å². The number of hydrogen-bond acceptors (Lipinski definition) is 3. The van der Waals surface area contributed by atoms with E-state index < -0.39 is 0 Å². The van der Waals surface area contributed by atoms with E-state index in [1.807, 2.05) is 43.4 Å². The van der Waals surface area contributed by atoms with Crippen molar-refractivity contribution in [2.75, 3.05) is 0 Å². The van der Waals surface area contributed by atoms with E-state index in [0.717, 1.165) is 38.1 Å². The number of aromatic nitrogens is 4. The van der Waals surface area contributed by atoms with Crippen molar-refractivity contribution in [2.45, 2.75) is 20.8 Å². The van der Waals surface area contributed by atoms with Gasteiger partial charge in [0.1, 0.15) is 0 Å². The average Bonchev–Trinajstić information content (AvgIpc) is 2.94. The summed E-state index contributed by atoms with van der Waals surface area (Å²) in [7, 11) is 0. The van der Waals surface area contributed by atoms with E-state index >= 15 is 0 Å². The summed E-state index contributed by atoms with van der Waals surface area (Å²) in [4.78, 5) is 21.8. The number of aryl methyl sites for hydroxylation is 3. The zero-order valence-corrected chi connectivity index (χ0v) is 15.1. The molecule has 1 aromatic carbocycles. The standard InChI is InChI=1S/C18H15BrN4O/c1-10-7-15-16(8-13(10)19)23(14-5-4-6-20-12(14)3)18(24)17-21-9-11(2)22(15)17/h4-9H,1-3H3. The molecule has 0 spiro atoms. The zero-order chi connectivity index (χ0) is 17.0. The van der Waals surface area contributed by atoms with Crippen molar-refractivity contribution >= 4 is 32.6 Å². The van der Waals surface area contributed by atoms with Gasteiger partial charge in [0, 0.05) is 22.6 Å². The first-order chi connectivity index (χ1) is 11.5. The quantitative estimate of drug-likeness (QED) is 0.504. The van der Waals surface area contributed by atoms with Crippen molar-refractivity contribution < 1.29 is 0 Å². The number of rotatable bonds is 1. The van der Waals surface area contributed by atoms with Crippen LogP contribution >= 0.6 is 15.9 Å². The summed E-state index contributed by atoms with van der Waals surface area (Å²) in [6.07, 6.45) is 3.46. The summed E-state index contributed by atoms with van der Waals surface area (Å²) in [6, 6.07) is 7.80. The van der Waals surface area contributed by atoms with E-state index in [1.54, 1.807) is 17.0 Å². The number of benzene rings is 1. The van der Waals surface area contributed by atoms with Crippen LogP contribution in [0.15, 0.2) is 45.9 Å². The van der Waals surface area contributed by atoms with Crippen LogP contribution in [0.3, 0.4) is 0 Å². The third-order valence-corrected chi connectivity index (χ3v) is 5.14. The second-order valence-electron chi connectivity index (χ2n) is 5.90. The Hall–Kier alpha value is -2.47. The van der Waals surface area contributed by atoms with E-state index in [-0.39, 0.29) is 5.56 Å². The highest BCUT2D eigenvalue weighted by molar-refractivity contribution is 9.10.